The molecule has 0 saturated heterocycles. The predicted octanol–water partition coefficient (Wildman–Crippen LogP) is 3.30. The van der Waals surface area contributed by atoms with Crippen LogP contribution in [0.15, 0.2) is 19.6 Å². The van der Waals surface area contributed by atoms with E-state index in [-0.39, 0.29) is 12.0 Å². The third-order valence-electron chi connectivity index (χ3n) is 2.39. The highest BCUT2D eigenvalue weighted by molar-refractivity contribution is 9.13. The van der Waals surface area contributed by atoms with Crippen molar-refractivity contribution in [3.05, 3.63) is 21.0 Å². The first kappa shape index (κ1) is 14.2. The molecule has 92 valence electrons. The zero-order valence-electron chi connectivity index (χ0n) is 9.52. The summed E-state index contributed by atoms with van der Waals surface area (Å²) in [7, 11) is 0. The Hall–Kier alpha value is 0.160. The van der Waals surface area contributed by atoms with Crippen molar-refractivity contribution in [2.45, 2.75) is 26.8 Å². The molecule has 16 heavy (non-hydrogen) atoms. The molecular formula is C11H17Br2NO2. The highest BCUT2D eigenvalue weighted by Crippen LogP contribution is 2.26. The lowest BCUT2D eigenvalue weighted by Crippen LogP contribution is -2.29. The second kappa shape index (κ2) is 6.19. The maximum absolute atomic E-state index is 8.90. The van der Waals surface area contributed by atoms with Gasteiger partial charge in [-0.2, -0.15) is 0 Å². The molecule has 5 heteroatoms. The monoisotopic (exact) mass is 353 g/mol. The van der Waals surface area contributed by atoms with E-state index in [2.05, 4.69) is 51.0 Å². The molecule has 2 N–H and O–H groups in total. The van der Waals surface area contributed by atoms with Crippen molar-refractivity contribution in [3.63, 3.8) is 0 Å². The zero-order valence-corrected chi connectivity index (χ0v) is 12.7. The van der Waals surface area contributed by atoms with Gasteiger partial charge < -0.3 is 14.8 Å². The Morgan fingerprint density at radius 3 is 2.62 bits per heavy atom. The average Bonchev–Trinajstić information content (AvgIpc) is 2.45. The Balaban J connectivity index is 2.35. The maximum Gasteiger partial charge on any atom is 0.183 e. The van der Waals surface area contributed by atoms with Crippen LogP contribution in [0.3, 0.4) is 0 Å². The van der Waals surface area contributed by atoms with Crippen LogP contribution in [0.2, 0.25) is 0 Å². The first-order valence-corrected chi connectivity index (χ1v) is 6.78. The van der Waals surface area contributed by atoms with Crippen molar-refractivity contribution in [1.29, 1.82) is 0 Å². The maximum atomic E-state index is 8.90. The van der Waals surface area contributed by atoms with Crippen molar-refractivity contribution in [2.24, 2.45) is 5.41 Å². The van der Waals surface area contributed by atoms with Gasteiger partial charge in [0, 0.05) is 13.2 Å². The molecule has 0 bridgehead atoms. The Labute approximate surface area is 113 Å². The van der Waals surface area contributed by atoms with Crippen molar-refractivity contribution in [3.8, 4) is 0 Å². The van der Waals surface area contributed by atoms with Crippen LogP contribution in [-0.4, -0.2) is 18.3 Å². The molecule has 1 rings (SSSR count). The molecular weight excluding hydrogens is 338 g/mol. The lowest BCUT2D eigenvalue weighted by molar-refractivity contribution is 0.206. The summed E-state index contributed by atoms with van der Waals surface area (Å²) < 4.78 is 7.10. The number of rotatable bonds is 6. The largest absolute Gasteiger partial charge is 0.452 e. The van der Waals surface area contributed by atoms with Crippen molar-refractivity contribution in [1.82, 2.24) is 5.32 Å². The van der Waals surface area contributed by atoms with E-state index in [9.17, 15) is 0 Å². The topological polar surface area (TPSA) is 45.4 Å². The lowest BCUT2D eigenvalue weighted by atomic mass is 9.90. The Kier molecular flexibility index (Phi) is 5.50. The molecule has 0 aromatic carbocycles. The molecule has 0 radical (unpaired) electrons. The molecule has 0 unspecified atom stereocenters. The lowest BCUT2D eigenvalue weighted by Gasteiger charge is -2.23. The SMILES string of the molecule is CC(C)(CCO)CNCc1cc(Br)c(Br)o1. The molecule has 0 saturated carbocycles. The summed E-state index contributed by atoms with van der Waals surface area (Å²) in [6.07, 6.45) is 0.797. The number of aliphatic hydroxyl groups excluding tert-OH is 1. The predicted molar refractivity (Wildman–Crippen MR) is 71.3 cm³/mol. The molecule has 0 fully saturated rings. The Morgan fingerprint density at radius 2 is 2.12 bits per heavy atom. The quantitative estimate of drug-likeness (QED) is 0.823. The summed E-state index contributed by atoms with van der Waals surface area (Å²) in [5, 5.41) is 12.2. The van der Waals surface area contributed by atoms with Crippen LogP contribution in [0.4, 0.5) is 0 Å². The summed E-state index contributed by atoms with van der Waals surface area (Å²) in [5.74, 6) is 0.888. The molecule has 0 aliphatic heterocycles. The average molecular weight is 355 g/mol. The van der Waals surface area contributed by atoms with Crippen LogP contribution in [-0.2, 0) is 6.54 Å². The molecule has 0 amide bonds. The number of furan rings is 1. The Bertz CT molecular complexity index is 317. The van der Waals surface area contributed by atoms with Crippen LogP contribution >= 0.6 is 31.9 Å². The van der Waals surface area contributed by atoms with Crippen molar-refractivity contribution in [2.75, 3.05) is 13.2 Å². The molecule has 1 aromatic heterocycles. The van der Waals surface area contributed by atoms with Gasteiger partial charge in [-0.25, -0.2) is 0 Å². The van der Waals surface area contributed by atoms with Crippen LogP contribution < -0.4 is 5.32 Å². The van der Waals surface area contributed by atoms with Gasteiger partial charge in [-0.1, -0.05) is 13.8 Å². The van der Waals surface area contributed by atoms with E-state index in [1.807, 2.05) is 6.07 Å². The van der Waals surface area contributed by atoms with E-state index in [1.165, 1.54) is 0 Å². The second-order valence-electron chi connectivity index (χ2n) is 4.58. The van der Waals surface area contributed by atoms with E-state index in [0.29, 0.717) is 6.54 Å². The van der Waals surface area contributed by atoms with E-state index in [0.717, 1.165) is 27.9 Å². The smallest absolute Gasteiger partial charge is 0.183 e. The minimum absolute atomic E-state index is 0.107. The van der Waals surface area contributed by atoms with E-state index in [4.69, 9.17) is 9.52 Å². The molecule has 1 aromatic rings. The standard InChI is InChI=1S/C11H17Br2NO2/c1-11(2,3-4-15)7-14-6-8-5-9(12)10(13)16-8/h5,14-15H,3-4,6-7H2,1-2H3. The number of nitrogens with one attached hydrogen (secondary N) is 1. The van der Waals surface area contributed by atoms with Crippen LogP contribution in [0.5, 0.6) is 0 Å². The van der Waals surface area contributed by atoms with Gasteiger partial charge in [0.1, 0.15) is 5.76 Å². The normalized spacial score (nSPS) is 12.1. The number of aliphatic hydroxyl groups is 1. The molecule has 0 aliphatic carbocycles. The van der Waals surface area contributed by atoms with Gasteiger partial charge in [0.25, 0.3) is 0 Å². The van der Waals surface area contributed by atoms with Gasteiger partial charge in [-0.3, -0.25) is 0 Å². The molecule has 0 atom stereocenters. The summed E-state index contributed by atoms with van der Waals surface area (Å²) in [6.45, 7) is 6.03. The summed E-state index contributed by atoms with van der Waals surface area (Å²) in [6, 6.07) is 1.94. The fourth-order valence-corrected chi connectivity index (χ4v) is 2.05. The van der Waals surface area contributed by atoms with Gasteiger partial charge in [0.15, 0.2) is 4.67 Å². The first-order chi connectivity index (χ1) is 7.44. The molecule has 0 aliphatic rings. The minimum Gasteiger partial charge on any atom is -0.452 e. The van der Waals surface area contributed by atoms with E-state index >= 15 is 0 Å². The molecule has 3 nitrogen and oxygen atoms in total. The van der Waals surface area contributed by atoms with Gasteiger partial charge in [0.2, 0.25) is 0 Å². The van der Waals surface area contributed by atoms with Crippen molar-refractivity contribution >= 4 is 31.9 Å². The number of hydrogen-bond donors (Lipinski definition) is 2. The highest BCUT2D eigenvalue weighted by atomic mass is 79.9. The number of halogens is 2. The first-order valence-electron chi connectivity index (χ1n) is 5.20. The fraction of sp³-hybridized carbons (Fsp3) is 0.636. The highest BCUT2D eigenvalue weighted by Gasteiger charge is 2.16. The minimum atomic E-state index is 0.107. The third-order valence-corrected chi connectivity index (χ3v) is 4.10. The van der Waals surface area contributed by atoms with E-state index in [1.54, 1.807) is 0 Å². The third kappa shape index (κ3) is 4.57. The Morgan fingerprint density at radius 1 is 1.44 bits per heavy atom. The van der Waals surface area contributed by atoms with Crippen LogP contribution in [0.1, 0.15) is 26.0 Å². The summed E-state index contributed by atoms with van der Waals surface area (Å²) >= 11 is 6.67. The van der Waals surface area contributed by atoms with Crippen LogP contribution in [0.25, 0.3) is 0 Å². The summed E-state index contributed by atoms with van der Waals surface area (Å²) in [4.78, 5) is 0. The fourth-order valence-electron chi connectivity index (χ4n) is 1.39. The zero-order chi connectivity index (χ0) is 12.2. The van der Waals surface area contributed by atoms with Crippen LogP contribution in [0, 0.1) is 5.41 Å². The van der Waals surface area contributed by atoms with Crippen molar-refractivity contribution < 1.29 is 9.52 Å². The van der Waals surface area contributed by atoms with Gasteiger partial charge in [-0.15, -0.1) is 0 Å². The van der Waals surface area contributed by atoms with E-state index < -0.39 is 0 Å². The van der Waals surface area contributed by atoms with Gasteiger partial charge >= 0.3 is 0 Å². The number of hydrogen-bond acceptors (Lipinski definition) is 3. The molecule has 1 heterocycles. The summed E-state index contributed by atoms with van der Waals surface area (Å²) in [5.41, 5.74) is 0.107. The van der Waals surface area contributed by atoms with Gasteiger partial charge in [0.05, 0.1) is 11.0 Å². The second-order valence-corrected chi connectivity index (χ2v) is 6.15. The van der Waals surface area contributed by atoms with Gasteiger partial charge in [-0.05, 0) is 49.8 Å². The molecule has 0 spiro atoms.